The SMILES string of the molecule is Cc1c(Cc2cccc([N+](=O)[O-])c2)c(=O)oc2nc(OC(=O)N(C)C)ccc12. The molecule has 0 aliphatic rings. The van der Waals surface area contributed by atoms with E-state index in [1.54, 1.807) is 25.1 Å². The number of non-ortho nitro benzene ring substituents is 1. The molecule has 3 aromatic rings. The molecule has 144 valence electrons. The quantitative estimate of drug-likeness (QED) is 0.502. The highest BCUT2D eigenvalue weighted by Gasteiger charge is 2.16. The number of ether oxygens (including phenoxy) is 1. The molecule has 9 nitrogen and oxygen atoms in total. The van der Waals surface area contributed by atoms with Gasteiger partial charge in [0.25, 0.3) is 5.69 Å². The molecule has 2 heterocycles. The van der Waals surface area contributed by atoms with Gasteiger partial charge < -0.3 is 14.1 Å². The lowest BCUT2D eigenvalue weighted by molar-refractivity contribution is -0.384. The highest BCUT2D eigenvalue weighted by molar-refractivity contribution is 5.79. The second-order valence-corrected chi connectivity index (χ2v) is 6.36. The average Bonchev–Trinajstić information content (AvgIpc) is 2.65. The van der Waals surface area contributed by atoms with Crippen molar-refractivity contribution >= 4 is 22.9 Å². The molecular weight excluding hydrogens is 366 g/mol. The van der Waals surface area contributed by atoms with Gasteiger partial charge in [-0.2, -0.15) is 4.98 Å². The molecule has 3 rings (SSSR count). The number of aryl methyl sites for hydroxylation is 1. The van der Waals surface area contributed by atoms with Crippen molar-refractivity contribution < 1.29 is 18.9 Å². The van der Waals surface area contributed by atoms with Crippen molar-refractivity contribution in [2.75, 3.05) is 14.1 Å². The highest BCUT2D eigenvalue weighted by atomic mass is 16.6. The van der Waals surface area contributed by atoms with Crippen LogP contribution in [-0.4, -0.2) is 35.0 Å². The van der Waals surface area contributed by atoms with Crippen molar-refractivity contribution in [3.8, 4) is 5.88 Å². The summed E-state index contributed by atoms with van der Waals surface area (Å²) in [4.78, 5) is 39.9. The molecule has 0 N–H and O–H groups in total. The van der Waals surface area contributed by atoms with Crippen molar-refractivity contribution in [3.05, 3.63) is 73.6 Å². The molecule has 0 fully saturated rings. The van der Waals surface area contributed by atoms with E-state index >= 15 is 0 Å². The van der Waals surface area contributed by atoms with Gasteiger partial charge in [-0.3, -0.25) is 10.1 Å². The van der Waals surface area contributed by atoms with E-state index in [1.807, 2.05) is 0 Å². The maximum atomic E-state index is 12.5. The summed E-state index contributed by atoms with van der Waals surface area (Å²) in [5, 5.41) is 11.5. The molecule has 9 heteroatoms. The van der Waals surface area contributed by atoms with Crippen molar-refractivity contribution in [1.82, 2.24) is 9.88 Å². The number of benzene rings is 1. The Morgan fingerprint density at radius 2 is 2.04 bits per heavy atom. The highest BCUT2D eigenvalue weighted by Crippen LogP contribution is 2.23. The molecule has 0 spiro atoms. The number of nitrogens with zero attached hydrogens (tertiary/aromatic N) is 3. The average molecular weight is 383 g/mol. The number of rotatable bonds is 4. The zero-order chi connectivity index (χ0) is 20.4. The molecule has 1 aromatic carbocycles. The van der Waals surface area contributed by atoms with Gasteiger partial charge in [0.05, 0.1) is 4.92 Å². The summed E-state index contributed by atoms with van der Waals surface area (Å²) in [7, 11) is 3.07. The molecule has 0 atom stereocenters. The number of aromatic nitrogens is 1. The first-order valence-corrected chi connectivity index (χ1v) is 8.32. The standard InChI is InChI=1S/C19H17N3O6/c1-11-14-7-8-16(27-19(24)21(2)3)20-17(14)28-18(23)15(11)10-12-5-4-6-13(9-12)22(25)26/h4-9H,10H2,1-3H3. The van der Waals surface area contributed by atoms with Crippen LogP contribution in [0, 0.1) is 17.0 Å². The van der Waals surface area contributed by atoms with E-state index in [0.717, 1.165) is 0 Å². The topological polar surface area (TPSA) is 116 Å². The molecule has 0 aliphatic carbocycles. The van der Waals surface area contributed by atoms with Gasteiger partial charge in [-0.05, 0) is 24.1 Å². The monoisotopic (exact) mass is 383 g/mol. The van der Waals surface area contributed by atoms with Crippen LogP contribution in [0.15, 0.2) is 45.6 Å². The fourth-order valence-corrected chi connectivity index (χ4v) is 2.68. The lowest BCUT2D eigenvalue weighted by Crippen LogP contribution is -2.25. The second-order valence-electron chi connectivity index (χ2n) is 6.36. The molecule has 0 saturated heterocycles. The van der Waals surface area contributed by atoms with E-state index in [9.17, 15) is 19.7 Å². The van der Waals surface area contributed by atoms with Crippen LogP contribution in [0.3, 0.4) is 0 Å². The summed E-state index contributed by atoms with van der Waals surface area (Å²) in [6, 6.07) is 9.24. The van der Waals surface area contributed by atoms with Gasteiger partial charge in [-0.25, -0.2) is 9.59 Å². The first kappa shape index (κ1) is 19.0. The number of hydrogen-bond donors (Lipinski definition) is 0. The summed E-state index contributed by atoms with van der Waals surface area (Å²) < 4.78 is 10.4. The fourth-order valence-electron chi connectivity index (χ4n) is 2.68. The van der Waals surface area contributed by atoms with Gasteiger partial charge in [0.15, 0.2) is 0 Å². The van der Waals surface area contributed by atoms with Gasteiger partial charge in [-0.1, -0.05) is 12.1 Å². The zero-order valence-corrected chi connectivity index (χ0v) is 15.5. The van der Waals surface area contributed by atoms with Crippen LogP contribution in [0.5, 0.6) is 5.88 Å². The third-order valence-corrected chi connectivity index (χ3v) is 4.19. The number of nitro benzene ring substituents is 1. The van der Waals surface area contributed by atoms with E-state index < -0.39 is 16.6 Å². The van der Waals surface area contributed by atoms with Gasteiger partial charge in [0.2, 0.25) is 11.6 Å². The Kier molecular flexibility index (Phi) is 5.08. The van der Waals surface area contributed by atoms with Gasteiger partial charge in [-0.15, -0.1) is 0 Å². The Morgan fingerprint density at radius 1 is 1.29 bits per heavy atom. The maximum absolute atomic E-state index is 12.5. The number of hydrogen-bond acceptors (Lipinski definition) is 7. The molecule has 0 bridgehead atoms. The second kappa shape index (κ2) is 7.47. The van der Waals surface area contributed by atoms with Crippen molar-refractivity contribution in [2.24, 2.45) is 0 Å². The van der Waals surface area contributed by atoms with Crippen molar-refractivity contribution in [3.63, 3.8) is 0 Å². The molecule has 0 aliphatic heterocycles. The van der Waals surface area contributed by atoms with E-state index in [4.69, 9.17) is 9.15 Å². The summed E-state index contributed by atoms with van der Waals surface area (Å²) in [6.07, 6.45) is -0.420. The number of nitro groups is 1. The number of carbonyl (C=O) groups is 1. The van der Waals surface area contributed by atoms with Crippen LogP contribution in [0.4, 0.5) is 10.5 Å². The third-order valence-electron chi connectivity index (χ3n) is 4.19. The molecule has 2 aromatic heterocycles. The predicted octanol–water partition coefficient (Wildman–Crippen LogP) is 3.06. The Labute approximate surface area is 159 Å². The lowest BCUT2D eigenvalue weighted by atomic mass is 10.0. The van der Waals surface area contributed by atoms with Crippen molar-refractivity contribution in [1.29, 1.82) is 0 Å². The van der Waals surface area contributed by atoms with E-state index in [2.05, 4.69) is 4.98 Å². The van der Waals surface area contributed by atoms with Crippen molar-refractivity contribution in [2.45, 2.75) is 13.3 Å². The predicted molar refractivity (Wildman–Crippen MR) is 101 cm³/mol. The Bertz CT molecular complexity index is 1140. The molecule has 0 unspecified atom stereocenters. The molecule has 0 radical (unpaired) electrons. The van der Waals surface area contributed by atoms with Crippen LogP contribution in [0.25, 0.3) is 11.1 Å². The minimum atomic E-state index is -0.604. The first-order valence-electron chi connectivity index (χ1n) is 8.32. The number of pyridine rings is 1. The van der Waals surface area contributed by atoms with Crippen LogP contribution in [-0.2, 0) is 6.42 Å². The van der Waals surface area contributed by atoms with E-state index in [0.29, 0.717) is 22.1 Å². The van der Waals surface area contributed by atoms with Gasteiger partial charge in [0.1, 0.15) is 0 Å². The minimum absolute atomic E-state index is 0.0141. The number of fused-ring (bicyclic) bond motifs is 1. The smallest absolute Gasteiger partial charge is 0.403 e. The summed E-state index contributed by atoms with van der Waals surface area (Å²) >= 11 is 0. The summed E-state index contributed by atoms with van der Waals surface area (Å²) in [5.41, 5.74) is 1.06. The Hall–Kier alpha value is -3.75. The Balaban J connectivity index is 1.99. The molecule has 28 heavy (non-hydrogen) atoms. The van der Waals surface area contributed by atoms with E-state index in [-0.39, 0.29) is 23.7 Å². The summed E-state index contributed by atoms with van der Waals surface area (Å²) in [5.74, 6) is 0.0141. The molecule has 0 saturated carbocycles. The molecule has 1 amide bonds. The largest absolute Gasteiger partial charge is 0.416 e. The minimum Gasteiger partial charge on any atom is -0.403 e. The normalized spacial score (nSPS) is 10.7. The number of carbonyl (C=O) groups excluding carboxylic acids is 1. The summed E-state index contributed by atoms with van der Waals surface area (Å²) in [6.45, 7) is 1.75. The van der Waals surface area contributed by atoms with Crippen LogP contribution in [0.2, 0.25) is 0 Å². The van der Waals surface area contributed by atoms with Gasteiger partial charge in [0, 0.05) is 49.7 Å². The van der Waals surface area contributed by atoms with Gasteiger partial charge >= 0.3 is 11.7 Å². The molecular formula is C19H17N3O6. The maximum Gasteiger partial charge on any atom is 0.416 e. The zero-order valence-electron chi connectivity index (χ0n) is 15.5. The first-order chi connectivity index (χ1) is 13.3. The van der Waals surface area contributed by atoms with E-state index in [1.165, 1.54) is 37.2 Å². The fraction of sp³-hybridized carbons (Fsp3) is 0.211. The van der Waals surface area contributed by atoms with Crippen LogP contribution in [0.1, 0.15) is 16.7 Å². The number of amides is 1. The Morgan fingerprint density at radius 3 is 2.71 bits per heavy atom. The van der Waals surface area contributed by atoms with Crippen LogP contribution < -0.4 is 10.4 Å². The lowest BCUT2D eigenvalue weighted by Gasteiger charge is -2.11. The third kappa shape index (κ3) is 3.83. The van der Waals surface area contributed by atoms with Crippen LogP contribution >= 0.6 is 0 Å².